The fraction of sp³-hybridized carbons (Fsp3) is 0.154. The average Bonchev–Trinajstić information content (AvgIpc) is 3.10. The minimum Gasteiger partial charge on any atom is -0.503 e. The van der Waals surface area contributed by atoms with Crippen LogP contribution >= 0.6 is 0 Å². The number of esters is 1. The molecule has 3 aromatic carbocycles. The molecule has 33 heavy (non-hydrogen) atoms. The van der Waals surface area contributed by atoms with E-state index < -0.39 is 17.9 Å². The first-order valence-corrected chi connectivity index (χ1v) is 10.2. The number of amides is 1. The normalized spacial score (nSPS) is 15.7. The largest absolute Gasteiger partial charge is 0.503 e. The third kappa shape index (κ3) is 4.30. The molecule has 0 saturated heterocycles. The molecule has 1 amide bonds. The van der Waals surface area contributed by atoms with Gasteiger partial charge in [-0.3, -0.25) is 4.79 Å². The van der Waals surface area contributed by atoms with E-state index in [4.69, 9.17) is 9.47 Å². The molecule has 3 aromatic rings. The lowest BCUT2D eigenvalue weighted by molar-refractivity contribution is -0.130. The van der Waals surface area contributed by atoms with Crippen LogP contribution in [0.5, 0.6) is 5.75 Å². The third-order valence-corrected chi connectivity index (χ3v) is 5.62. The monoisotopic (exact) mass is 447 g/mol. The van der Waals surface area contributed by atoms with E-state index in [2.05, 4.69) is 0 Å². The van der Waals surface area contributed by atoms with Crippen LogP contribution < -0.4 is 4.74 Å². The lowest BCUT2D eigenvalue weighted by atomic mass is 9.92. The van der Waals surface area contributed by atoms with Gasteiger partial charge in [0.05, 0.1) is 25.8 Å². The number of carbonyl (C=O) groups excluding carboxylic acids is 2. The van der Waals surface area contributed by atoms with Gasteiger partial charge in [0, 0.05) is 12.1 Å². The molecule has 7 heteroatoms. The molecular formula is C26H22FNO5. The Bertz CT molecular complexity index is 1200. The summed E-state index contributed by atoms with van der Waals surface area (Å²) in [5.74, 6) is -1.09. The number of halogens is 1. The van der Waals surface area contributed by atoms with E-state index in [1.54, 1.807) is 67.8 Å². The Morgan fingerprint density at radius 1 is 0.970 bits per heavy atom. The van der Waals surface area contributed by atoms with Crippen LogP contribution in [0.15, 0.2) is 78.6 Å². The van der Waals surface area contributed by atoms with Crippen molar-refractivity contribution < 1.29 is 28.6 Å². The molecule has 1 aliphatic rings. The maximum Gasteiger partial charge on any atom is 0.337 e. The summed E-state index contributed by atoms with van der Waals surface area (Å²) in [4.78, 5) is 26.5. The number of methoxy groups -OCH3 is 2. The van der Waals surface area contributed by atoms with Crippen LogP contribution in [0.1, 0.15) is 33.1 Å². The Hall–Kier alpha value is -4.13. The fourth-order valence-electron chi connectivity index (χ4n) is 3.93. The zero-order chi connectivity index (χ0) is 23.5. The minimum absolute atomic E-state index is 0.159. The van der Waals surface area contributed by atoms with Crippen molar-refractivity contribution >= 4 is 17.4 Å². The predicted molar refractivity (Wildman–Crippen MR) is 120 cm³/mol. The second-order valence-corrected chi connectivity index (χ2v) is 7.57. The van der Waals surface area contributed by atoms with Crippen molar-refractivity contribution in [2.45, 2.75) is 12.6 Å². The molecule has 1 N–H and O–H groups in total. The van der Waals surface area contributed by atoms with E-state index in [0.29, 0.717) is 33.6 Å². The number of benzene rings is 3. The maximum absolute atomic E-state index is 13.4. The minimum atomic E-state index is -0.623. The zero-order valence-corrected chi connectivity index (χ0v) is 18.1. The van der Waals surface area contributed by atoms with E-state index in [0.717, 1.165) is 0 Å². The first-order chi connectivity index (χ1) is 15.9. The van der Waals surface area contributed by atoms with Gasteiger partial charge >= 0.3 is 5.97 Å². The first-order valence-electron chi connectivity index (χ1n) is 10.2. The summed E-state index contributed by atoms with van der Waals surface area (Å²) in [6.45, 7) is 0.159. The molecule has 0 aliphatic carbocycles. The summed E-state index contributed by atoms with van der Waals surface area (Å²) in [6, 6.07) is 19.0. The van der Waals surface area contributed by atoms with E-state index in [1.165, 1.54) is 24.1 Å². The van der Waals surface area contributed by atoms with Gasteiger partial charge in [-0.1, -0.05) is 36.4 Å². The molecule has 6 nitrogen and oxygen atoms in total. The van der Waals surface area contributed by atoms with Crippen molar-refractivity contribution in [1.82, 2.24) is 4.90 Å². The number of nitrogens with zero attached hydrogens (tertiary/aromatic N) is 1. The molecule has 1 aliphatic heterocycles. The van der Waals surface area contributed by atoms with E-state index in [-0.39, 0.29) is 18.1 Å². The molecule has 0 radical (unpaired) electrons. The molecule has 1 heterocycles. The van der Waals surface area contributed by atoms with E-state index in [9.17, 15) is 19.1 Å². The van der Waals surface area contributed by atoms with Crippen molar-refractivity contribution in [3.05, 3.63) is 107 Å². The van der Waals surface area contributed by atoms with Gasteiger partial charge in [0.25, 0.3) is 5.91 Å². The Kier molecular flexibility index (Phi) is 6.13. The zero-order valence-electron chi connectivity index (χ0n) is 18.1. The van der Waals surface area contributed by atoms with Crippen molar-refractivity contribution in [3.63, 3.8) is 0 Å². The Morgan fingerprint density at radius 2 is 1.61 bits per heavy atom. The van der Waals surface area contributed by atoms with Crippen molar-refractivity contribution in [3.8, 4) is 5.75 Å². The molecule has 168 valence electrons. The highest BCUT2D eigenvalue weighted by molar-refractivity contribution is 6.05. The van der Waals surface area contributed by atoms with Gasteiger partial charge in [0.1, 0.15) is 11.6 Å². The Balaban J connectivity index is 1.78. The quantitative estimate of drug-likeness (QED) is 0.556. The molecule has 0 spiro atoms. The van der Waals surface area contributed by atoms with Crippen LogP contribution in [0.4, 0.5) is 4.39 Å². The number of ether oxygens (including phenoxy) is 2. The van der Waals surface area contributed by atoms with Crippen LogP contribution in [0.2, 0.25) is 0 Å². The highest BCUT2D eigenvalue weighted by atomic mass is 19.1. The van der Waals surface area contributed by atoms with Gasteiger partial charge in [-0.25, -0.2) is 9.18 Å². The van der Waals surface area contributed by atoms with Crippen molar-refractivity contribution in [2.24, 2.45) is 0 Å². The van der Waals surface area contributed by atoms with Gasteiger partial charge in [-0.15, -0.1) is 0 Å². The number of aliphatic hydroxyl groups excluding tert-OH is 1. The molecule has 1 atom stereocenters. The Morgan fingerprint density at radius 3 is 2.18 bits per heavy atom. The van der Waals surface area contributed by atoms with E-state index in [1.807, 2.05) is 0 Å². The maximum atomic E-state index is 13.4. The van der Waals surface area contributed by atoms with Gasteiger partial charge < -0.3 is 19.5 Å². The first kappa shape index (κ1) is 22.1. The smallest absolute Gasteiger partial charge is 0.337 e. The fourth-order valence-corrected chi connectivity index (χ4v) is 3.93. The van der Waals surface area contributed by atoms with Crippen molar-refractivity contribution in [1.29, 1.82) is 0 Å². The average molecular weight is 447 g/mol. The SMILES string of the molecule is COC(=O)c1ccc([C@H]2C(c3ccc(OC)cc3)=C(O)C(=O)N2Cc2ccc(F)cc2)cc1. The summed E-state index contributed by atoms with van der Waals surface area (Å²) < 4.78 is 23.4. The summed E-state index contributed by atoms with van der Waals surface area (Å²) in [5.41, 5.74) is 2.88. The number of hydrogen-bond donors (Lipinski definition) is 1. The van der Waals surface area contributed by atoms with Crippen molar-refractivity contribution in [2.75, 3.05) is 14.2 Å². The molecule has 4 rings (SSSR count). The third-order valence-electron chi connectivity index (χ3n) is 5.62. The van der Waals surface area contributed by atoms with Gasteiger partial charge in [0.2, 0.25) is 0 Å². The number of carbonyl (C=O) groups is 2. The molecule has 0 fully saturated rings. The predicted octanol–water partition coefficient (Wildman–Crippen LogP) is 4.67. The van der Waals surface area contributed by atoms with Gasteiger partial charge in [0.15, 0.2) is 5.76 Å². The van der Waals surface area contributed by atoms with Gasteiger partial charge in [-0.05, 0) is 53.1 Å². The van der Waals surface area contributed by atoms with Crippen LogP contribution in [-0.2, 0) is 16.1 Å². The standard InChI is InChI=1S/C26H22FNO5/c1-32-21-13-9-17(10-14-21)22-23(18-5-7-19(8-6-18)26(31)33-2)28(25(30)24(22)29)15-16-3-11-20(27)12-4-16/h3-14,23,29H,15H2,1-2H3/t23-/m0/s1. The summed E-state index contributed by atoms with van der Waals surface area (Å²) in [5, 5.41) is 10.9. The van der Waals surface area contributed by atoms with Crippen LogP contribution in [-0.4, -0.2) is 36.1 Å². The second-order valence-electron chi connectivity index (χ2n) is 7.57. The highest BCUT2D eigenvalue weighted by Gasteiger charge is 2.41. The van der Waals surface area contributed by atoms with Crippen LogP contribution in [0.3, 0.4) is 0 Å². The number of rotatable bonds is 6. The lowest BCUT2D eigenvalue weighted by Gasteiger charge is -2.27. The molecule has 0 aromatic heterocycles. The van der Waals surface area contributed by atoms with Gasteiger partial charge in [-0.2, -0.15) is 0 Å². The summed E-state index contributed by atoms with van der Waals surface area (Å²) in [6.07, 6.45) is 0. The molecular weight excluding hydrogens is 425 g/mol. The van der Waals surface area contributed by atoms with E-state index >= 15 is 0 Å². The molecule has 0 bridgehead atoms. The second kappa shape index (κ2) is 9.16. The Labute approximate surface area is 190 Å². The number of hydrogen-bond acceptors (Lipinski definition) is 5. The molecule has 0 unspecified atom stereocenters. The van der Waals surface area contributed by atoms with Crippen LogP contribution in [0, 0.1) is 5.82 Å². The summed E-state index contributed by atoms with van der Waals surface area (Å²) >= 11 is 0. The number of aliphatic hydroxyl groups is 1. The lowest BCUT2D eigenvalue weighted by Crippen LogP contribution is -2.29. The topological polar surface area (TPSA) is 76.1 Å². The van der Waals surface area contributed by atoms with Crippen LogP contribution in [0.25, 0.3) is 5.57 Å². The highest BCUT2D eigenvalue weighted by Crippen LogP contribution is 2.44. The molecule has 0 saturated carbocycles. The summed E-state index contributed by atoms with van der Waals surface area (Å²) in [7, 11) is 2.86.